The van der Waals surface area contributed by atoms with Gasteiger partial charge in [0.15, 0.2) is 18.6 Å². The van der Waals surface area contributed by atoms with E-state index in [1.165, 1.54) is 5.30 Å². The highest BCUT2D eigenvalue weighted by Crippen LogP contribution is 2.61. The summed E-state index contributed by atoms with van der Waals surface area (Å²) in [4.78, 5) is 0. The minimum atomic E-state index is -1.64. The van der Waals surface area contributed by atoms with Crippen molar-refractivity contribution in [1.29, 1.82) is 0 Å². The van der Waals surface area contributed by atoms with Crippen LogP contribution >= 0.6 is 7.56 Å². The van der Waals surface area contributed by atoms with Gasteiger partial charge in [-0.15, -0.1) is 0 Å². The molecule has 0 heterocycles. The average molecular weight is 454 g/mol. The van der Waals surface area contributed by atoms with E-state index in [-0.39, 0.29) is 24.0 Å². The first-order chi connectivity index (χ1) is 10.5. The Bertz CT molecular complexity index is 454. The van der Waals surface area contributed by atoms with Crippen LogP contribution in [0.1, 0.15) is 27.7 Å². The molecule has 0 N–H and O–H groups in total. The lowest BCUT2D eigenvalue weighted by molar-refractivity contribution is -0.00000582. The van der Waals surface area contributed by atoms with Gasteiger partial charge in [-0.3, -0.25) is 0 Å². The van der Waals surface area contributed by atoms with Gasteiger partial charge in [-0.1, -0.05) is 0 Å². The Morgan fingerprint density at radius 2 is 1.35 bits per heavy atom. The third-order valence-corrected chi connectivity index (χ3v) is 9.02. The lowest BCUT2D eigenvalue weighted by atomic mass is 10.3. The predicted octanol–water partition coefficient (Wildman–Crippen LogP) is 0.494. The molecule has 4 nitrogen and oxygen atoms in total. The molecule has 6 heteroatoms. The zero-order valence-electron chi connectivity index (χ0n) is 15.6. The highest BCUT2D eigenvalue weighted by atomic mass is 127. The molecule has 0 fully saturated rings. The van der Waals surface area contributed by atoms with E-state index in [4.69, 9.17) is 9.47 Å². The summed E-state index contributed by atoms with van der Waals surface area (Å²) < 4.78 is 16.2. The van der Waals surface area contributed by atoms with E-state index in [2.05, 4.69) is 49.8 Å². The van der Waals surface area contributed by atoms with E-state index in [0.29, 0.717) is 0 Å². The number of hydrogen-bond acceptors (Lipinski definition) is 4. The van der Waals surface area contributed by atoms with E-state index in [1.807, 2.05) is 12.1 Å². The van der Waals surface area contributed by atoms with Crippen LogP contribution in [-0.2, 0) is 0 Å². The minimum absolute atomic E-state index is 0. The van der Waals surface area contributed by atoms with Crippen molar-refractivity contribution in [3.63, 3.8) is 0 Å². The Kier molecular flexibility index (Phi) is 10.7. The van der Waals surface area contributed by atoms with Crippen LogP contribution in [0.4, 0.5) is 0 Å². The second kappa shape index (κ2) is 10.7. The second-order valence-electron chi connectivity index (χ2n) is 5.23. The lowest BCUT2D eigenvalue weighted by Gasteiger charge is -2.39. The normalized spacial score (nSPS) is 11.5. The third-order valence-electron chi connectivity index (χ3n) is 4.40. The average Bonchev–Trinajstić information content (AvgIpc) is 2.56. The fourth-order valence-electron chi connectivity index (χ4n) is 3.17. The first-order valence-electron chi connectivity index (χ1n) is 8.13. The van der Waals surface area contributed by atoms with Crippen LogP contribution in [-0.4, -0.2) is 56.4 Å². The molecule has 1 rings (SSSR count). The Morgan fingerprint density at radius 3 is 1.70 bits per heavy atom. The number of rotatable bonds is 9. The van der Waals surface area contributed by atoms with Crippen molar-refractivity contribution in [1.82, 2.24) is 9.34 Å². The van der Waals surface area contributed by atoms with Crippen molar-refractivity contribution in [3.8, 4) is 11.5 Å². The van der Waals surface area contributed by atoms with Gasteiger partial charge in [0.05, 0.1) is 20.9 Å². The van der Waals surface area contributed by atoms with E-state index < -0.39 is 7.56 Å². The molecule has 0 spiro atoms. The van der Waals surface area contributed by atoms with Crippen molar-refractivity contribution in [2.75, 3.05) is 47.1 Å². The Hall–Kier alpha value is -0.100. The van der Waals surface area contributed by atoms with Gasteiger partial charge in [-0.05, 0) is 39.8 Å². The molecule has 0 aliphatic heterocycles. The molecule has 0 atom stereocenters. The van der Waals surface area contributed by atoms with Gasteiger partial charge in [0.2, 0.25) is 0 Å². The Balaban J connectivity index is 0.00000484. The Labute approximate surface area is 160 Å². The molecule has 0 unspecified atom stereocenters. The number of halogens is 1. The van der Waals surface area contributed by atoms with Crippen LogP contribution < -0.4 is 38.8 Å². The molecule has 0 saturated heterocycles. The molecule has 0 aromatic heterocycles. The summed E-state index contributed by atoms with van der Waals surface area (Å²) in [6.45, 7) is 15.5. The summed E-state index contributed by atoms with van der Waals surface area (Å²) in [5.41, 5.74) is 0. The van der Waals surface area contributed by atoms with Gasteiger partial charge >= 0.3 is 0 Å². The topological polar surface area (TPSA) is 24.9 Å². The minimum Gasteiger partial charge on any atom is -1.00 e. The molecule has 0 saturated carbocycles. The number of benzene rings is 1. The van der Waals surface area contributed by atoms with Crippen LogP contribution in [0.5, 0.6) is 11.5 Å². The van der Waals surface area contributed by atoms with Crippen LogP contribution in [0.25, 0.3) is 0 Å². The Morgan fingerprint density at radius 1 is 0.870 bits per heavy atom. The summed E-state index contributed by atoms with van der Waals surface area (Å²) in [7, 11) is 1.79. The van der Waals surface area contributed by atoms with E-state index in [1.54, 1.807) is 14.2 Å². The molecule has 0 aliphatic rings. The second-order valence-corrected chi connectivity index (χ2v) is 8.67. The maximum atomic E-state index is 5.71. The molecule has 134 valence electrons. The predicted molar refractivity (Wildman–Crippen MR) is 97.9 cm³/mol. The van der Waals surface area contributed by atoms with E-state index in [0.717, 1.165) is 37.7 Å². The van der Waals surface area contributed by atoms with Crippen molar-refractivity contribution in [2.45, 2.75) is 27.7 Å². The summed E-state index contributed by atoms with van der Waals surface area (Å²) in [6, 6.07) is 6.23. The summed E-state index contributed by atoms with van der Waals surface area (Å²) >= 11 is 0. The zero-order chi connectivity index (χ0) is 16.8. The molecule has 0 bridgehead atoms. The fourth-order valence-corrected chi connectivity index (χ4v) is 7.27. The summed E-state index contributed by atoms with van der Waals surface area (Å²) in [6.07, 6.45) is 0. The summed E-state index contributed by atoms with van der Waals surface area (Å²) in [5, 5.41) is 1.29. The van der Waals surface area contributed by atoms with Crippen LogP contribution in [0.2, 0.25) is 0 Å². The van der Waals surface area contributed by atoms with Crippen LogP contribution in [0.3, 0.4) is 0 Å². The molecule has 1 aromatic rings. The number of nitrogens with zero attached hydrogens (tertiary/aromatic N) is 2. The van der Waals surface area contributed by atoms with Crippen molar-refractivity contribution >= 4 is 12.9 Å². The highest BCUT2D eigenvalue weighted by Gasteiger charge is 2.48. The maximum absolute atomic E-state index is 5.71. The fraction of sp³-hybridized carbons (Fsp3) is 0.647. The van der Waals surface area contributed by atoms with Gasteiger partial charge < -0.3 is 33.5 Å². The molecule has 23 heavy (non-hydrogen) atoms. The summed E-state index contributed by atoms with van der Waals surface area (Å²) in [5.74, 6) is 1.76. The van der Waals surface area contributed by atoms with Gasteiger partial charge in [0.1, 0.15) is 5.75 Å². The standard InChI is InChI=1S/C17H32N2O2P.HI/c1-8-18(9-2)22(7,19(10-3)11-4)17-13-12-15(20-5)14-16(17)21-6;/h12-14H,8-11H2,1-7H3;1H/q+1;/p-1. The van der Waals surface area contributed by atoms with Crippen LogP contribution in [0.15, 0.2) is 18.2 Å². The lowest BCUT2D eigenvalue weighted by Crippen LogP contribution is -3.00. The van der Waals surface area contributed by atoms with E-state index >= 15 is 0 Å². The quantitative estimate of drug-likeness (QED) is 0.401. The molecule has 1 aromatic carbocycles. The zero-order valence-corrected chi connectivity index (χ0v) is 18.6. The van der Waals surface area contributed by atoms with Crippen molar-refractivity contribution < 1.29 is 33.5 Å². The molecular weight excluding hydrogens is 422 g/mol. The SMILES string of the molecule is CCN(CC)[P+](C)(c1ccc(OC)cc1OC)N(CC)CC.[I-]. The van der Waals surface area contributed by atoms with Crippen molar-refractivity contribution in [2.24, 2.45) is 0 Å². The van der Waals surface area contributed by atoms with Gasteiger partial charge in [-0.25, -0.2) is 0 Å². The molecular formula is C17H32IN2O2P. The van der Waals surface area contributed by atoms with E-state index in [9.17, 15) is 0 Å². The van der Waals surface area contributed by atoms with Crippen LogP contribution in [0, 0.1) is 0 Å². The smallest absolute Gasteiger partial charge is 0.186 e. The number of ether oxygens (including phenoxy) is 2. The third kappa shape index (κ3) is 4.71. The first kappa shape index (κ1) is 22.9. The first-order valence-corrected chi connectivity index (χ1v) is 10.3. The molecule has 0 amide bonds. The highest BCUT2D eigenvalue weighted by molar-refractivity contribution is 7.78. The van der Waals surface area contributed by atoms with Gasteiger partial charge in [0.25, 0.3) is 0 Å². The number of methoxy groups -OCH3 is 2. The maximum Gasteiger partial charge on any atom is 0.186 e. The van der Waals surface area contributed by atoms with Gasteiger partial charge in [-0.2, -0.15) is 9.34 Å². The van der Waals surface area contributed by atoms with Crippen molar-refractivity contribution in [3.05, 3.63) is 18.2 Å². The van der Waals surface area contributed by atoms with Gasteiger partial charge in [0, 0.05) is 32.2 Å². The molecule has 0 aliphatic carbocycles. The number of hydrogen-bond donors (Lipinski definition) is 0. The monoisotopic (exact) mass is 454 g/mol. The largest absolute Gasteiger partial charge is 1.00 e. The molecule has 0 radical (unpaired) electrons.